The Balaban J connectivity index is 2.13. The van der Waals surface area contributed by atoms with Gasteiger partial charge in [0, 0.05) is 0 Å². The summed E-state index contributed by atoms with van der Waals surface area (Å²) < 4.78 is 5.95. The van der Waals surface area contributed by atoms with E-state index < -0.39 is 0 Å². The monoisotopic (exact) mass is 212 g/mol. The van der Waals surface area contributed by atoms with Crippen LogP contribution in [0.4, 0.5) is 0 Å². The van der Waals surface area contributed by atoms with Crippen LogP contribution >= 0.6 is 0 Å². The van der Waals surface area contributed by atoms with E-state index >= 15 is 0 Å². The van der Waals surface area contributed by atoms with Crippen molar-refractivity contribution in [2.75, 3.05) is 0 Å². The first-order valence-corrected chi connectivity index (χ1v) is 5.67. The first kappa shape index (κ1) is 10.7. The summed E-state index contributed by atoms with van der Waals surface area (Å²) in [6.07, 6.45) is 1.11. The van der Waals surface area contributed by atoms with E-state index in [1.165, 1.54) is 5.56 Å². The molecule has 0 saturated heterocycles. The summed E-state index contributed by atoms with van der Waals surface area (Å²) in [4.78, 5) is 0. The predicted octanol–water partition coefficient (Wildman–Crippen LogP) is 4.22. The van der Waals surface area contributed by atoms with Gasteiger partial charge in [-0.05, 0) is 24.1 Å². The second-order valence-electron chi connectivity index (χ2n) is 3.74. The fourth-order valence-corrected chi connectivity index (χ4v) is 1.72. The molecule has 0 spiro atoms. The molecule has 0 bridgehead atoms. The van der Waals surface area contributed by atoms with E-state index in [1.54, 1.807) is 0 Å². The Hall–Kier alpha value is -1.76. The molecule has 82 valence electrons. The molecule has 2 rings (SSSR count). The van der Waals surface area contributed by atoms with Gasteiger partial charge in [0.2, 0.25) is 0 Å². The Morgan fingerprint density at radius 3 is 2.00 bits per heavy atom. The van der Waals surface area contributed by atoms with Crippen molar-refractivity contribution in [3.05, 3.63) is 66.2 Å². The minimum atomic E-state index is 0.142. The Bertz CT molecular complexity index is 408. The van der Waals surface area contributed by atoms with Gasteiger partial charge in [-0.25, -0.2) is 0 Å². The van der Waals surface area contributed by atoms with Crippen molar-refractivity contribution in [1.82, 2.24) is 0 Å². The van der Waals surface area contributed by atoms with E-state index in [0.29, 0.717) is 0 Å². The van der Waals surface area contributed by atoms with E-state index in [0.717, 1.165) is 12.2 Å². The summed E-state index contributed by atoms with van der Waals surface area (Å²) in [5.74, 6) is 0.929. The van der Waals surface area contributed by atoms with Crippen molar-refractivity contribution in [3.8, 4) is 5.75 Å². The molecule has 2 aromatic rings. The Morgan fingerprint density at radius 1 is 0.875 bits per heavy atom. The zero-order chi connectivity index (χ0) is 11.2. The Kier molecular flexibility index (Phi) is 3.60. The summed E-state index contributed by atoms with van der Waals surface area (Å²) in [5, 5.41) is 0. The largest absolute Gasteiger partial charge is 0.486 e. The maximum absolute atomic E-state index is 5.95. The maximum Gasteiger partial charge on any atom is 0.123 e. The van der Waals surface area contributed by atoms with Crippen LogP contribution in [0.15, 0.2) is 60.7 Å². The molecule has 0 aliphatic rings. The lowest BCUT2D eigenvalue weighted by Gasteiger charge is -2.17. The summed E-state index contributed by atoms with van der Waals surface area (Å²) in [6.45, 7) is 2.14. The van der Waals surface area contributed by atoms with Crippen LogP contribution in [-0.2, 0) is 0 Å². The molecule has 0 heterocycles. The Morgan fingerprint density at radius 2 is 1.44 bits per heavy atom. The van der Waals surface area contributed by atoms with Gasteiger partial charge in [0.25, 0.3) is 0 Å². The third kappa shape index (κ3) is 2.63. The van der Waals surface area contributed by atoms with Gasteiger partial charge >= 0.3 is 0 Å². The van der Waals surface area contributed by atoms with E-state index in [4.69, 9.17) is 4.74 Å². The van der Waals surface area contributed by atoms with Crippen molar-refractivity contribution in [3.63, 3.8) is 0 Å². The molecular weight excluding hydrogens is 196 g/mol. The molecule has 0 N–H and O–H groups in total. The van der Waals surface area contributed by atoms with Gasteiger partial charge in [0.05, 0.1) is 0 Å². The van der Waals surface area contributed by atoms with Crippen LogP contribution in [0.25, 0.3) is 0 Å². The fraction of sp³-hybridized carbons (Fsp3) is 0.200. The zero-order valence-electron chi connectivity index (χ0n) is 9.47. The highest BCUT2D eigenvalue weighted by Crippen LogP contribution is 2.23. The molecule has 1 unspecified atom stereocenters. The SMILES string of the molecule is CCC(Oc1ccccc1)c1ccccc1. The van der Waals surface area contributed by atoms with Crippen LogP contribution in [0, 0.1) is 0 Å². The fourth-order valence-electron chi connectivity index (χ4n) is 1.72. The van der Waals surface area contributed by atoms with E-state index in [2.05, 4.69) is 19.1 Å². The first-order chi connectivity index (χ1) is 7.90. The quantitative estimate of drug-likeness (QED) is 0.737. The second kappa shape index (κ2) is 5.36. The highest BCUT2D eigenvalue weighted by atomic mass is 16.5. The van der Waals surface area contributed by atoms with Crippen molar-refractivity contribution in [2.45, 2.75) is 19.4 Å². The van der Waals surface area contributed by atoms with E-state index in [-0.39, 0.29) is 6.10 Å². The van der Waals surface area contributed by atoms with Crippen LogP contribution < -0.4 is 4.74 Å². The van der Waals surface area contributed by atoms with Gasteiger partial charge in [-0.1, -0.05) is 55.5 Å². The lowest BCUT2D eigenvalue weighted by molar-refractivity contribution is 0.201. The van der Waals surface area contributed by atoms with Crippen molar-refractivity contribution >= 4 is 0 Å². The molecule has 16 heavy (non-hydrogen) atoms. The third-order valence-electron chi connectivity index (χ3n) is 2.56. The average molecular weight is 212 g/mol. The third-order valence-corrected chi connectivity index (χ3v) is 2.56. The average Bonchev–Trinajstić information content (AvgIpc) is 2.38. The van der Waals surface area contributed by atoms with E-state index in [9.17, 15) is 0 Å². The van der Waals surface area contributed by atoms with Crippen LogP contribution in [0.2, 0.25) is 0 Å². The highest BCUT2D eigenvalue weighted by molar-refractivity contribution is 5.24. The highest BCUT2D eigenvalue weighted by Gasteiger charge is 2.09. The molecule has 0 aliphatic carbocycles. The van der Waals surface area contributed by atoms with Gasteiger partial charge in [-0.2, -0.15) is 0 Å². The summed E-state index contributed by atoms with van der Waals surface area (Å²) in [6, 6.07) is 20.3. The summed E-state index contributed by atoms with van der Waals surface area (Å²) >= 11 is 0. The van der Waals surface area contributed by atoms with Gasteiger partial charge in [-0.3, -0.25) is 0 Å². The standard InChI is InChI=1S/C15H16O/c1-2-15(13-9-5-3-6-10-13)16-14-11-7-4-8-12-14/h3-12,15H,2H2,1H3. The minimum Gasteiger partial charge on any atom is -0.486 e. The number of benzene rings is 2. The number of ether oxygens (including phenoxy) is 1. The number of rotatable bonds is 4. The molecule has 0 amide bonds. The first-order valence-electron chi connectivity index (χ1n) is 5.67. The van der Waals surface area contributed by atoms with Crippen LogP contribution in [0.3, 0.4) is 0 Å². The van der Waals surface area contributed by atoms with Crippen LogP contribution in [0.1, 0.15) is 25.0 Å². The van der Waals surface area contributed by atoms with Gasteiger partial charge < -0.3 is 4.74 Å². The topological polar surface area (TPSA) is 9.23 Å². The van der Waals surface area contributed by atoms with Crippen molar-refractivity contribution in [2.24, 2.45) is 0 Å². The minimum absolute atomic E-state index is 0.142. The summed E-state index contributed by atoms with van der Waals surface area (Å²) in [5.41, 5.74) is 1.23. The molecule has 1 atom stereocenters. The molecular formula is C15H16O. The van der Waals surface area contributed by atoms with Gasteiger partial charge in [-0.15, -0.1) is 0 Å². The van der Waals surface area contributed by atoms with Gasteiger partial charge in [0.15, 0.2) is 0 Å². The van der Waals surface area contributed by atoms with Crippen molar-refractivity contribution < 1.29 is 4.74 Å². The second-order valence-corrected chi connectivity index (χ2v) is 3.74. The lowest BCUT2D eigenvalue weighted by atomic mass is 10.1. The molecule has 2 aromatic carbocycles. The number of hydrogen-bond donors (Lipinski definition) is 0. The molecule has 0 fully saturated rings. The summed E-state index contributed by atoms with van der Waals surface area (Å²) in [7, 11) is 0. The van der Waals surface area contributed by atoms with E-state index in [1.807, 2.05) is 48.5 Å². The molecule has 1 nitrogen and oxygen atoms in total. The molecule has 0 radical (unpaired) electrons. The maximum atomic E-state index is 5.95. The molecule has 0 aromatic heterocycles. The van der Waals surface area contributed by atoms with Crippen molar-refractivity contribution in [1.29, 1.82) is 0 Å². The van der Waals surface area contributed by atoms with Gasteiger partial charge in [0.1, 0.15) is 11.9 Å². The smallest absolute Gasteiger partial charge is 0.123 e. The van der Waals surface area contributed by atoms with Crippen LogP contribution in [-0.4, -0.2) is 0 Å². The number of hydrogen-bond acceptors (Lipinski definition) is 1. The predicted molar refractivity (Wildman–Crippen MR) is 66.5 cm³/mol. The normalized spacial score (nSPS) is 12.1. The Labute approximate surface area is 96.7 Å². The van der Waals surface area contributed by atoms with Crippen LogP contribution in [0.5, 0.6) is 5.75 Å². The zero-order valence-corrected chi connectivity index (χ0v) is 9.47. The number of para-hydroxylation sites is 1. The molecule has 0 aliphatic heterocycles. The molecule has 0 saturated carbocycles. The molecule has 1 heteroatoms. The lowest BCUT2D eigenvalue weighted by Crippen LogP contribution is -2.05.